The van der Waals surface area contributed by atoms with Crippen molar-refractivity contribution >= 4 is 0 Å². The molecule has 2 rings (SSSR count). The van der Waals surface area contributed by atoms with Gasteiger partial charge < -0.3 is 10.5 Å². The minimum absolute atomic E-state index is 0.103. The number of hydrogen-bond acceptors (Lipinski definition) is 2. The third-order valence-electron chi connectivity index (χ3n) is 3.07. The maximum absolute atomic E-state index is 5.98. The van der Waals surface area contributed by atoms with E-state index >= 15 is 0 Å². The minimum Gasteiger partial charge on any atom is -0.372 e. The molecule has 0 bridgehead atoms. The molecule has 2 N–H and O–H groups in total. The van der Waals surface area contributed by atoms with Gasteiger partial charge in [0.05, 0.1) is 6.10 Å². The van der Waals surface area contributed by atoms with Gasteiger partial charge in [0.2, 0.25) is 0 Å². The van der Waals surface area contributed by atoms with Crippen LogP contribution in [0, 0.1) is 0 Å². The van der Waals surface area contributed by atoms with Crippen molar-refractivity contribution in [3.8, 4) is 0 Å². The fraction of sp³-hybridized carbons (Fsp3) is 0.538. The molecule has 0 aliphatic carbocycles. The summed E-state index contributed by atoms with van der Waals surface area (Å²) in [6, 6.07) is 8.80. The van der Waals surface area contributed by atoms with Crippen LogP contribution in [-0.2, 0) is 4.74 Å². The third-order valence-corrected chi connectivity index (χ3v) is 3.07. The van der Waals surface area contributed by atoms with Crippen molar-refractivity contribution in [2.75, 3.05) is 6.61 Å². The molecule has 1 fully saturated rings. The lowest BCUT2D eigenvalue weighted by Gasteiger charge is -2.15. The average molecular weight is 205 g/mol. The highest BCUT2D eigenvalue weighted by Crippen LogP contribution is 2.28. The molecule has 1 saturated heterocycles. The van der Waals surface area contributed by atoms with Crippen molar-refractivity contribution in [3.05, 3.63) is 35.4 Å². The first-order valence-corrected chi connectivity index (χ1v) is 5.65. The van der Waals surface area contributed by atoms with Gasteiger partial charge >= 0.3 is 0 Å². The van der Waals surface area contributed by atoms with Crippen LogP contribution in [0.5, 0.6) is 0 Å². The summed E-state index contributed by atoms with van der Waals surface area (Å²) in [5, 5.41) is 0. The van der Waals surface area contributed by atoms with Crippen LogP contribution in [0.1, 0.15) is 43.4 Å². The third kappa shape index (κ3) is 2.21. The van der Waals surface area contributed by atoms with Crippen LogP contribution in [0.2, 0.25) is 0 Å². The van der Waals surface area contributed by atoms with Gasteiger partial charge in [-0.3, -0.25) is 0 Å². The van der Waals surface area contributed by atoms with Crippen molar-refractivity contribution in [2.24, 2.45) is 5.73 Å². The second-order valence-electron chi connectivity index (χ2n) is 4.57. The van der Waals surface area contributed by atoms with Gasteiger partial charge in [0.15, 0.2) is 0 Å². The summed E-state index contributed by atoms with van der Waals surface area (Å²) in [6.07, 6.45) is 1.07. The summed E-state index contributed by atoms with van der Waals surface area (Å²) in [5.74, 6) is 0.581. The van der Waals surface area contributed by atoms with E-state index in [2.05, 4.69) is 38.1 Å². The Morgan fingerprint density at radius 2 is 1.93 bits per heavy atom. The first kappa shape index (κ1) is 10.7. The van der Waals surface area contributed by atoms with Gasteiger partial charge in [-0.1, -0.05) is 38.1 Å². The Kier molecular flexibility index (Phi) is 3.08. The predicted octanol–water partition coefficient (Wildman–Crippen LogP) is 2.60. The Hall–Kier alpha value is -0.860. The summed E-state index contributed by atoms with van der Waals surface area (Å²) in [7, 11) is 0. The highest BCUT2D eigenvalue weighted by molar-refractivity contribution is 5.27. The van der Waals surface area contributed by atoms with Gasteiger partial charge in [0.1, 0.15) is 0 Å². The van der Waals surface area contributed by atoms with Crippen molar-refractivity contribution in [3.63, 3.8) is 0 Å². The molecule has 0 saturated carbocycles. The molecule has 1 aliphatic heterocycles. The van der Waals surface area contributed by atoms with E-state index in [0.29, 0.717) is 5.92 Å². The number of benzene rings is 1. The topological polar surface area (TPSA) is 35.2 Å². The Balaban J connectivity index is 2.16. The van der Waals surface area contributed by atoms with Gasteiger partial charge in [0, 0.05) is 12.6 Å². The van der Waals surface area contributed by atoms with Crippen LogP contribution in [0.25, 0.3) is 0 Å². The molecule has 15 heavy (non-hydrogen) atoms. The predicted molar refractivity (Wildman–Crippen MR) is 61.8 cm³/mol. The molecule has 1 aromatic rings. The quantitative estimate of drug-likeness (QED) is 0.805. The number of ether oxygens (including phenoxy) is 1. The van der Waals surface area contributed by atoms with Gasteiger partial charge in [0.25, 0.3) is 0 Å². The molecule has 0 spiro atoms. The number of nitrogens with two attached hydrogens (primary N) is 1. The second kappa shape index (κ2) is 4.33. The molecule has 2 heteroatoms. The maximum atomic E-state index is 5.98. The Bertz CT molecular complexity index is 318. The summed E-state index contributed by atoms with van der Waals surface area (Å²) in [5.41, 5.74) is 8.56. The van der Waals surface area contributed by atoms with Gasteiger partial charge in [-0.05, 0) is 23.5 Å². The van der Waals surface area contributed by atoms with E-state index in [4.69, 9.17) is 10.5 Å². The Morgan fingerprint density at radius 3 is 2.40 bits per heavy atom. The van der Waals surface area contributed by atoms with Crippen LogP contribution in [-0.4, -0.2) is 12.6 Å². The molecule has 0 radical (unpaired) electrons. The van der Waals surface area contributed by atoms with Crippen molar-refractivity contribution < 1.29 is 4.74 Å². The zero-order valence-corrected chi connectivity index (χ0v) is 9.44. The highest BCUT2D eigenvalue weighted by Gasteiger charge is 2.26. The summed E-state index contributed by atoms with van der Waals surface area (Å²) in [6.45, 7) is 5.19. The zero-order chi connectivity index (χ0) is 10.8. The SMILES string of the molecule is CC(C)c1ccc(C2OCCC2N)cc1. The van der Waals surface area contributed by atoms with E-state index in [1.165, 1.54) is 11.1 Å². The maximum Gasteiger partial charge on any atom is 0.0976 e. The minimum atomic E-state index is 0.103. The lowest BCUT2D eigenvalue weighted by atomic mass is 9.98. The molecule has 0 aromatic heterocycles. The van der Waals surface area contributed by atoms with Crippen molar-refractivity contribution in [1.29, 1.82) is 0 Å². The Morgan fingerprint density at radius 1 is 1.27 bits per heavy atom. The van der Waals surface area contributed by atoms with Gasteiger partial charge in [-0.25, -0.2) is 0 Å². The average Bonchev–Trinajstić information content (AvgIpc) is 2.65. The van der Waals surface area contributed by atoms with Crippen LogP contribution in [0.4, 0.5) is 0 Å². The monoisotopic (exact) mass is 205 g/mol. The zero-order valence-electron chi connectivity index (χ0n) is 9.44. The fourth-order valence-corrected chi connectivity index (χ4v) is 2.02. The van der Waals surface area contributed by atoms with E-state index in [0.717, 1.165) is 13.0 Å². The summed E-state index contributed by atoms with van der Waals surface area (Å²) < 4.78 is 5.63. The van der Waals surface area contributed by atoms with Crippen molar-refractivity contribution in [1.82, 2.24) is 0 Å². The standard InChI is InChI=1S/C13H19NO/c1-9(2)10-3-5-11(6-4-10)13-12(14)7-8-15-13/h3-6,9,12-13H,7-8,14H2,1-2H3. The number of hydrogen-bond donors (Lipinski definition) is 1. The number of rotatable bonds is 2. The molecule has 1 heterocycles. The van der Waals surface area contributed by atoms with E-state index in [-0.39, 0.29) is 12.1 Å². The molecule has 2 nitrogen and oxygen atoms in total. The van der Waals surface area contributed by atoms with Gasteiger partial charge in [-0.2, -0.15) is 0 Å². The van der Waals surface area contributed by atoms with E-state index in [1.807, 2.05) is 0 Å². The van der Waals surface area contributed by atoms with Crippen molar-refractivity contribution in [2.45, 2.75) is 38.3 Å². The van der Waals surface area contributed by atoms with E-state index in [1.54, 1.807) is 0 Å². The molecular formula is C13H19NO. The molecule has 2 atom stereocenters. The molecule has 0 amide bonds. The van der Waals surface area contributed by atoms with Crippen LogP contribution in [0.15, 0.2) is 24.3 Å². The fourth-order valence-electron chi connectivity index (χ4n) is 2.02. The Labute approximate surface area is 91.4 Å². The first-order chi connectivity index (χ1) is 7.18. The summed E-state index contributed by atoms with van der Waals surface area (Å²) in [4.78, 5) is 0. The van der Waals surface area contributed by atoms with Crippen LogP contribution >= 0.6 is 0 Å². The van der Waals surface area contributed by atoms with Crippen LogP contribution < -0.4 is 5.73 Å². The van der Waals surface area contributed by atoms with Crippen LogP contribution in [0.3, 0.4) is 0 Å². The molecular weight excluding hydrogens is 186 g/mol. The van der Waals surface area contributed by atoms with E-state index in [9.17, 15) is 0 Å². The second-order valence-corrected chi connectivity index (χ2v) is 4.57. The largest absolute Gasteiger partial charge is 0.372 e. The highest BCUT2D eigenvalue weighted by atomic mass is 16.5. The van der Waals surface area contributed by atoms with E-state index < -0.39 is 0 Å². The normalized spacial score (nSPS) is 26.1. The smallest absolute Gasteiger partial charge is 0.0976 e. The molecule has 82 valence electrons. The van der Waals surface area contributed by atoms with Gasteiger partial charge in [-0.15, -0.1) is 0 Å². The lowest BCUT2D eigenvalue weighted by molar-refractivity contribution is 0.105. The first-order valence-electron chi connectivity index (χ1n) is 5.65. The summed E-state index contributed by atoms with van der Waals surface area (Å²) >= 11 is 0. The lowest BCUT2D eigenvalue weighted by Crippen LogP contribution is -2.23. The molecule has 2 unspecified atom stereocenters. The molecule has 1 aliphatic rings. The molecule has 1 aromatic carbocycles.